The fraction of sp³-hybridized carbons (Fsp3) is 0.280. The highest BCUT2D eigenvalue weighted by Crippen LogP contribution is 2.39. The molecule has 7 nitrogen and oxygen atoms in total. The zero-order valence-corrected chi connectivity index (χ0v) is 19.9. The number of ether oxygens (including phenoxy) is 1. The predicted octanol–water partition coefficient (Wildman–Crippen LogP) is 4.52. The number of anilines is 2. The molecule has 0 unspecified atom stereocenters. The van der Waals surface area contributed by atoms with E-state index >= 15 is 4.39 Å². The largest absolute Gasteiger partial charge is 0.492 e. The second kappa shape index (κ2) is 9.23. The van der Waals surface area contributed by atoms with Crippen LogP contribution in [-0.4, -0.2) is 33.6 Å². The van der Waals surface area contributed by atoms with Crippen LogP contribution in [0.4, 0.5) is 15.8 Å². The summed E-state index contributed by atoms with van der Waals surface area (Å²) in [5.74, 6) is -0.427. The minimum Gasteiger partial charge on any atom is -0.492 e. The van der Waals surface area contributed by atoms with E-state index in [9.17, 15) is 10.1 Å². The molecule has 1 saturated heterocycles. The molecule has 1 aliphatic rings. The summed E-state index contributed by atoms with van der Waals surface area (Å²) in [5, 5.41) is 9.38. The van der Waals surface area contributed by atoms with Crippen molar-refractivity contribution in [3.8, 4) is 11.8 Å². The maximum Gasteiger partial charge on any atom is 0.259 e. The molecule has 0 bridgehead atoms. The van der Waals surface area contributed by atoms with Crippen LogP contribution in [0.5, 0.6) is 5.75 Å². The highest BCUT2D eigenvalue weighted by molar-refractivity contribution is 7.81. The molecule has 1 aromatic heterocycles. The van der Waals surface area contributed by atoms with E-state index in [2.05, 4.69) is 9.97 Å². The van der Waals surface area contributed by atoms with Gasteiger partial charge in [-0.3, -0.25) is 9.69 Å². The molecule has 9 heteroatoms. The molecule has 2 aromatic carbocycles. The molecule has 1 fully saturated rings. The van der Waals surface area contributed by atoms with E-state index < -0.39 is 11.4 Å². The summed E-state index contributed by atoms with van der Waals surface area (Å²) in [5.41, 5.74) is 0.854. The summed E-state index contributed by atoms with van der Waals surface area (Å²) in [4.78, 5) is 23.6. The molecule has 3 aromatic rings. The standard InChI is InChI=1S/C25H24FN5O2S/c1-25(2)23(32)30(19-12-9-17(15-27)22(33-3)21(19)26)24(34)31(25)18-10-7-16(8-11-18)5-4-6-20-28-13-14-29-20/h7-14H,4-6H2,1-3H3,(H,28,29). The van der Waals surface area contributed by atoms with Gasteiger partial charge >= 0.3 is 0 Å². The molecule has 0 spiro atoms. The maximum atomic E-state index is 15.2. The van der Waals surface area contributed by atoms with Crippen LogP contribution in [0.25, 0.3) is 0 Å². The predicted molar refractivity (Wildman–Crippen MR) is 131 cm³/mol. The third-order valence-electron chi connectivity index (χ3n) is 5.94. The third-order valence-corrected chi connectivity index (χ3v) is 6.30. The lowest BCUT2D eigenvalue weighted by molar-refractivity contribution is -0.120. The van der Waals surface area contributed by atoms with E-state index in [1.165, 1.54) is 24.1 Å². The summed E-state index contributed by atoms with van der Waals surface area (Å²) in [6, 6.07) is 12.5. The molecule has 174 valence electrons. The van der Waals surface area contributed by atoms with Crippen molar-refractivity contribution >= 4 is 34.6 Å². The summed E-state index contributed by atoms with van der Waals surface area (Å²) >= 11 is 5.65. The number of thiocarbonyl (C=S) groups is 1. The zero-order chi connectivity index (χ0) is 24.5. The molecule has 0 radical (unpaired) electrons. The van der Waals surface area contributed by atoms with Gasteiger partial charge in [0.1, 0.15) is 17.4 Å². The van der Waals surface area contributed by atoms with E-state index in [1.54, 1.807) is 24.9 Å². The van der Waals surface area contributed by atoms with Crippen LogP contribution in [0.15, 0.2) is 48.8 Å². The second-order valence-corrected chi connectivity index (χ2v) is 8.83. The van der Waals surface area contributed by atoms with Crippen LogP contribution < -0.4 is 14.5 Å². The molecule has 4 rings (SSSR count). The highest BCUT2D eigenvalue weighted by atomic mass is 32.1. The molecule has 2 heterocycles. The summed E-state index contributed by atoms with van der Waals surface area (Å²) in [6.07, 6.45) is 6.26. The Balaban J connectivity index is 1.58. The van der Waals surface area contributed by atoms with Crippen molar-refractivity contribution < 1.29 is 13.9 Å². The van der Waals surface area contributed by atoms with Crippen molar-refractivity contribution in [3.63, 3.8) is 0 Å². The van der Waals surface area contributed by atoms with E-state index in [4.69, 9.17) is 17.0 Å². The number of H-pyrrole nitrogens is 1. The quantitative estimate of drug-likeness (QED) is 0.504. The number of hydrogen-bond donors (Lipinski definition) is 1. The minimum absolute atomic E-state index is 0.0417. The molecule has 1 amide bonds. The van der Waals surface area contributed by atoms with Gasteiger partial charge in [0, 0.05) is 24.5 Å². The lowest BCUT2D eigenvalue weighted by Gasteiger charge is -2.29. The van der Waals surface area contributed by atoms with E-state index in [-0.39, 0.29) is 28.0 Å². The van der Waals surface area contributed by atoms with E-state index in [1.807, 2.05) is 36.5 Å². The first-order valence-electron chi connectivity index (χ1n) is 10.8. The van der Waals surface area contributed by atoms with Gasteiger partial charge in [-0.05, 0) is 68.7 Å². The van der Waals surface area contributed by atoms with Crippen molar-refractivity contribution in [2.45, 2.75) is 38.6 Å². The molecule has 0 saturated carbocycles. The first-order chi connectivity index (χ1) is 16.3. The first kappa shape index (κ1) is 23.4. The molecule has 0 atom stereocenters. The Hall–Kier alpha value is -3.77. The number of aromatic amines is 1. The van der Waals surface area contributed by atoms with E-state index in [0.717, 1.165) is 36.3 Å². The number of methoxy groups -OCH3 is 1. The summed E-state index contributed by atoms with van der Waals surface area (Å²) in [6.45, 7) is 3.50. The topological polar surface area (TPSA) is 85.2 Å². The number of aryl methyl sites for hydroxylation is 2. The van der Waals surface area contributed by atoms with Gasteiger partial charge < -0.3 is 14.6 Å². The molecule has 34 heavy (non-hydrogen) atoms. The SMILES string of the molecule is COc1c(C#N)ccc(N2C(=O)C(C)(C)N(c3ccc(CCCc4ncc[nH]4)cc3)C2=S)c1F. The van der Waals surface area contributed by atoms with Crippen LogP contribution in [0.3, 0.4) is 0 Å². The number of amides is 1. The number of rotatable bonds is 7. The number of benzene rings is 2. The number of imidazole rings is 1. The Kier molecular flexibility index (Phi) is 6.35. The number of halogens is 1. The molecule has 1 N–H and O–H groups in total. The molecular formula is C25H24FN5O2S. The fourth-order valence-corrected chi connectivity index (χ4v) is 4.67. The van der Waals surface area contributed by atoms with Gasteiger partial charge in [0.25, 0.3) is 5.91 Å². The van der Waals surface area contributed by atoms with E-state index in [0.29, 0.717) is 0 Å². The fourth-order valence-electron chi connectivity index (χ4n) is 4.15. The molecule has 1 aliphatic heterocycles. The smallest absolute Gasteiger partial charge is 0.259 e. The van der Waals surface area contributed by atoms with Crippen LogP contribution >= 0.6 is 12.2 Å². The van der Waals surface area contributed by atoms with Gasteiger partial charge in [-0.2, -0.15) is 5.26 Å². The molecular weight excluding hydrogens is 453 g/mol. The van der Waals surface area contributed by atoms with Gasteiger partial charge in [0.15, 0.2) is 16.7 Å². The zero-order valence-electron chi connectivity index (χ0n) is 19.1. The third kappa shape index (κ3) is 4.01. The van der Waals surface area contributed by atoms with Crippen molar-refractivity contribution in [1.82, 2.24) is 9.97 Å². The van der Waals surface area contributed by atoms with Crippen molar-refractivity contribution in [1.29, 1.82) is 5.26 Å². The Bertz CT molecular complexity index is 1270. The number of hydrogen-bond acceptors (Lipinski definition) is 5. The Morgan fingerprint density at radius 2 is 1.94 bits per heavy atom. The van der Waals surface area contributed by atoms with Crippen molar-refractivity contribution in [2.24, 2.45) is 0 Å². The number of nitrogens with one attached hydrogen (secondary N) is 1. The Morgan fingerprint density at radius 1 is 1.21 bits per heavy atom. The Morgan fingerprint density at radius 3 is 2.56 bits per heavy atom. The average molecular weight is 478 g/mol. The van der Waals surface area contributed by atoms with Gasteiger partial charge in [-0.25, -0.2) is 9.37 Å². The van der Waals surface area contributed by atoms with Crippen LogP contribution in [0.1, 0.15) is 37.2 Å². The van der Waals surface area contributed by atoms with Gasteiger partial charge in [0.2, 0.25) is 0 Å². The lowest BCUT2D eigenvalue weighted by atomic mass is 10.0. The number of nitriles is 1. The number of nitrogens with zero attached hydrogens (tertiary/aromatic N) is 4. The highest BCUT2D eigenvalue weighted by Gasteiger charge is 2.51. The monoisotopic (exact) mass is 477 g/mol. The van der Waals surface area contributed by atoms with Gasteiger partial charge in [0.05, 0.1) is 18.4 Å². The number of aromatic nitrogens is 2. The number of carbonyl (C=O) groups excluding carboxylic acids is 1. The lowest BCUT2D eigenvalue weighted by Crippen LogP contribution is -2.44. The van der Waals surface area contributed by atoms with Crippen molar-refractivity contribution in [3.05, 3.63) is 71.6 Å². The first-order valence-corrected chi connectivity index (χ1v) is 11.2. The van der Waals surface area contributed by atoms with Crippen molar-refractivity contribution in [2.75, 3.05) is 16.9 Å². The van der Waals surface area contributed by atoms with Crippen LogP contribution in [0.2, 0.25) is 0 Å². The average Bonchev–Trinajstić information content (AvgIpc) is 3.39. The number of carbonyl (C=O) groups is 1. The minimum atomic E-state index is -1.04. The molecule has 0 aliphatic carbocycles. The van der Waals surface area contributed by atoms with Gasteiger partial charge in [-0.1, -0.05) is 12.1 Å². The normalized spacial score (nSPS) is 15.0. The second-order valence-electron chi connectivity index (χ2n) is 8.46. The van der Waals surface area contributed by atoms with Crippen LogP contribution in [-0.2, 0) is 17.6 Å². The van der Waals surface area contributed by atoms with Gasteiger partial charge in [-0.15, -0.1) is 0 Å². The summed E-state index contributed by atoms with van der Waals surface area (Å²) < 4.78 is 20.3. The maximum absolute atomic E-state index is 15.2. The summed E-state index contributed by atoms with van der Waals surface area (Å²) in [7, 11) is 1.28. The van der Waals surface area contributed by atoms with Crippen LogP contribution in [0, 0.1) is 17.1 Å². The Labute approximate surface area is 202 Å².